The Hall–Kier alpha value is -2.23. The lowest BCUT2D eigenvalue weighted by Crippen LogP contribution is -2.39. The first-order valence-corrected chi connectivity index (χ1v) is 8.27. The van der Waals surface area contributed by atoms with Gasteiger partial charge in [-0.05, 0) is 44.6 Å². The first-order chi connectivity index (χ1) is 11.1. The van der Waals surface area contributed by atoms with Gasteiger partial charge in [-0.25, -0.2) is 9.97 Å². The molecule has 2 heterocycles. The standard InChI is InChI=1S/C19H23N3O/c1-14-18(13-20-15(2)21-14)19(23)22-10-8-17(9-11-22)12-16-6-4-3-5-7-16/h3-7,13,17H,8-12H2,1-2H3. The van der Waals surface area contributed by atoms with Crippen LogP contribution in [0, 0.1) is 19.8 Å². The van der Waals surface area contributed by atoms with Crippen LogP contribution in [0.1, 0.15) is 40.3 Å². The second-order valence-electron chi connectivity index (χ2n) is 6.34. The van der Waals surface area contributed by atoms with E-state index in [2.05, 4.69) is 40.3 Å². The molecule has 1 amide bonds. The van der Waals surface area contributed by atoms with Crippen molar-refractivity contribution in [2.75, 3.05) is 13.1 Å². The highest BCUT2D eigenvalue weighted by atomic mass is 16.2. The van der Waals surface area contributed by atoms with Gasteiger partial charge in [-0.3, -0.25) is 4.79 Å². The Balaban J connectivity index is 1.59. The molecule has 2 aromatic rings. The lowest BCUT2D eigenvalue weighted by atomic mass is 9.90. The highest BCUT2D eigenvalue weighted by Crippen LogP contribution is 2.23. The van der Waals surface area contributed by atoms with Crippen LogP contribution in [0.25, 0.3) is 0 Å². The summed E-state index contributed by atoms with van der Waals surface area (Å²) in [7, 11) is 0. The zero-order valence-corrected chi connectivity index (χ0v) is 13.8. The molecule has 0 spiro atoms. The highest BCUT2D eigenvalue weighted by molar-refractivity contribution is 5.95. The third-order valence-corrected chi connectivity index (χ3v) is 4.60. The molecule has 0 unspecified atom stereocenters. The van der Waals surface area contributed by atoms with Gasteiger partial charge in [-0.15, -0.1) is 0 Å². The number of benzene rings is 1. The van der Waals surface area contributed by atoms with E-state index in [1.807, 2.05) is 18.7 Å². The van der Waals surface area contributed by atoms with Crippen LogP contribution in [-0.4, -0.2) is 33.9 Å². The summed E-state index contributed by atoms with van der Waals surface area (Å²) < 4.78 is 0. The van der Waals surface area contributed by atoms with Gasteiger partial charge in [0, 0.05) is 19.3 Å². The highest BCUT2D eigenvalue weighted by Gasteiger charge is 2.25. The number of piperidine rings is 1. The van der Waals surface area contributed by atoms with Crippen molar-refractivity contribution in [2.24, 2.45) is 5.92 Å². The smallest absolute Gasteiger partial charge is 0.257 e. The number of likely N-dealkylation sites (tertiary alicyclic amines) is 1. The van der Waals surface area contributed by atoms with E-state index in [0.717, 1.165) is 38.0 Å². The van der Waals surface area contributed by atoms with Crippen molar-refractivity contribution < 1.29 is 4.79 Å². The maximum absolute atomic E-state index is 12.6. The molecule has 1 aliphatic rings. The van der Waals surface area contributed by atoms with E-state index < -0.39 is 0 Å². The van der Waals surface area contributed by atoms with Crippen molar-refractivity contribution in [3.63, 3.8) is 0 Å². The first-order valence-electron chi connectivity index (χ1n) is 8.27. The van der Waals surface area contributed by atoms with Crippen LogP contribution in [-0.2, 0) is 6.42 Å². The summed E-state index contributed by atoms with van der Waals surface area (Å²) in [6.45, 7) is 5.37. The SMILES string of the molecule is Cc1ncc(C(=O)N2CCC(Cc3ccccc3)CC2)c(C)n1. The largest absolute Gasteiger partial charge is 0.339 e. The fourth-order valence-electron chi connectivity index (χ4n) is 3.25. The first kappa shape index (κ1) is 15.7. The number of rotatable bonds is 3. The van der Waals surface area contributed by atoms with Crippen molar-refractivity contribution in [2.45, 2.75) is 33.1 Å². The quantitative estimate of drug-likeness (QED) is 0.875. The zero-order valence-electron chi connectivity index (χ0n) is 13.8. The third-order valence-electron chi connectivity index (χ3n) is 4.60. The number of hydrogen-bond donors (Lipinski definition) is 0. The molecule has 0 atom stereocenters. The second kappa shape index (κ2) is 6.90. The van der Waals surface area contributed by atoms with E-state index in [-0.39, 0.29) is 5.91 Å². The minimum Gasteiger partial charge on any atom is -0.339 e. The summed E-state index contributed by atoms with van der Waals surface area (Å²) in [6, 6.07) is 10.6. The maximum Gasteiger partial charge on any atom is 0.257 e. The van der Waals surface area contributed by atoms with Gasteiger partial charge in [0.05, 0.1) is 11.3 Å². The van der Waals surface area contributed by atoms with E-state index in [9.17, 15) is 4.79 Å². The number of carbonyl (C=O) groups is 1. The molecule has 0 aliphatic carbocycles. The molecule has 0 bridgehead atoms. The predicted molar refractivity (Wildman–Crippen MR) is 90.3 cm³/mol. The topological polar surface area (TPSA) is 46.1 Å². The second-order valence-corrected chi connectivity index (χ2v) is 6.34. The van der Waals surface area contributed by atoms with Gasteiger partial charge in [0.2, 0.25) is 0 Å². The fraction of sp³-hybridized carbons (Fsp3) is 0.421. The number of aryl methyl sites for hydroxylation is 2. The Morgan fingerprint density at radius 3 is 2.52 bits per heavy atom. The summed E-state index contributed by atoms with van der Waals surface area (Å²) in [5.41, 5.74) is 2.80. The Morgan fingerprint density at radius 2 is 1.87 bits per heavy atom. The molecule has 1 aromatic carbocycles. The van der Waals surface area contributed by atoms with Crippen LogP contribution in [0.3, 0.4) is 0 Å². The molecule has 23 heavy (non-hydrogen) atoms. The van der Waals surface area contributed by atoms with Gasteiger partial charge in [-0.2, -0.15) is 0 Å². The summed E-state index contributed by atoms with van der Waals surface area (Å²) in [5.74, 6) is 1.44. The summed E-state index contributed by atoms with van der Waals surface area (Å²) >= 11 is 0. The minimum atomic E-state index is 0.0701. The summed E-state index contributed by atoms with van der Waals surface area (Å²) in [4.78, 5) is 23.1. The molecule has 3 rings (SSSR count). The normalized spacial score (nSPS) is 15.7. The number of hydrogen-bond acceptors (Lipinski definition) is 3. The molecule has 0 N–H and O–H groups in total. The molecule has 0 saturated carbocycles. The predicted octanol–water partition coefficient (Wildman–Crippen LogP) is 3.19. The van der Waals surface area contributed by atoms with E-state index in [0.29, 0.717) is 17.3 Å². The fourth-order valence-corrected chi connectivity index (χ4v) is 3.25. The van der Waals surface area contributed by atoms with Gasteiger partial charge < -0.3 is 4.90 Å². The van der Waals surface area contributed by atoms with Crippen LogP contribution in [0.4, 0.5) is 0 Å². The van der Waals surface area contributed by atoms with E-state index >= 15 is 0 Å². The van der Waals surface area contributed by atoms with Gasteiger partial charge in [0.15, 0.2) is 0 Å². The Bertz CT molecular complexity index is 676. The Labute approximate surface area is 137 Å². The number of aromatic nitrogens is 2. The average Bonchev–Trinajstić information content (AvgIpc) is 2.56. The lowest BCUT2D eigenvalue weighted by Gasteiger charge is -2.32. The number of amides is 1. The molecular weight excluding hydrogens is 286 g/mol. The molecule has 0 radical (unpaired) electrons. The molecule has 4 nitrogen and oxygen atoms in total. The number of nitrogens with zero attached hydrogens (tertiary/aromatic N) is 3. The van der Waals surface area contributed by atoms with Crippen molar-refractivity contribution in [3.05, 3.63) is 59.2 Å². The van der Waals surface area contributed by atoms with Crippen molar-refractivity contribution >= 4 is 5.91 Å². The van der Waals surface area contributed by atoms with Crippen molar-refractivity contribution in [1.29, 1.82) is 0 Å². The van der Waals surface area contributed by atoms with Gasteiger partial charge in [0.25, 0.3) is 5.91 Å². The van der Waals surface area contributed by atoms with Gasteiger partial charge >= 0.3 is 0 Å². The van der Waals surface area contributed by atoms with Crippen LogP contribution in [0.2, 0.25) is 0 Å². The Morgan fingerprint density at radius 1 is 1.17 bits per heavy atom. The van der Waals surface area contributed by atoms with Gasteiger partial charge in [0.1, 0.15) is 5.82 Å². The zero-order chi connectivity index (χ0) is 16.2. The summed E-state index contributed by atoms with van der Waals surface area (Å²) in [5, 5.41) is 0. The van der Waals surface area contributed by atoms with Crippen LogP contribution in [0.15, 0.2) is 36.5 Å². The average molecular weight is 309 g/mol. The molecular formula is C19H23N3O. The van der Waals surface area contributed by atoms with E-state index in [1.54, 1.807) is 6.20 Å². The Kier molecular flexibility index (Phi) is 4.70. The third kappa shape index (κ3) is 3.76. The van der Waals surface area contributed by atoms with Crippen LogP contribution in [0.5, 0.6) is 0 Å². The maximum atomic E-state index is 12.6. The van der Waals surface area contributed by atoms with Gasteiger partial charge in [-0.1, -0.05) is 30.3 Å². The van der Waals surface area contributed by atoms with Crippen LogP contribution >= 0.6 is 0 Å². The molecule has 120 valence electrons. The minimum absolute atomic E-state index is 0.0701. The molecule has 1 fully saturated rings. The van der Waals surface area contributed by atoms with Crippen LogP contribution < -0.4 is 0 Å². The van der Waals surface area contributed by atoms with Crippen molar-refractivity contribution in [1.82, 2.24) is 14.9 Å². The lowest BCUT2D eigenvalue weighted by molar-refractivity contribution is 0.0689. The van der Waals surface area contributed by atoms with Crippen molar-refractivity contribution in [3.8, 4) is 0 Å². The number of carbonyl (C=O) groups excluding carboxylic acids is 1. The molecule has 1 aliphatic heterocycles. The molecule has 1 saturated heterocycles. The van der Waals surface area contributed by atoms with E-state index in [4.69, 9.17) is 0 Å². The monoisotopic (exact) mass is 309 g/mol. The van der Waals surface area contributed by atoms with E-state index in [1.165, 1.54) is 5.56 Å². The molecule has 1 aromatic heterocycles. The molecule has 4 heteroatoms. The summed E-state index contributed by atoms with van der Waals surface area (Å²) in [6.07, 6.45) is 4.89.